The lowest BCUT2D eigenvalue weighted by atomic mass is 10.0. The number of carbonyl (C=O) groups is 3. The molecule has 0 fully saturated rings. The first kappa shape index (κ1) is 21.1. The number of fused-ring (bicyclic) bond motifs is 3. The van der Waals surface area contributed by atoms with Crippen LogP contribution < -0.4 is 5.63 Å². The van der Waals surface area contributed by atoms with E-state index in [9.17, 15) is 19.2 Å². The zero-order chi connectivity index (χ0) is 24.1. The van der Waals surface area contributed by atoms with Crippen molar-refractivity contribution in [2.45, 2.75) is 32.4 Å². The Labute approximate surface area is 198 Å². The summed E-state index contributed by atoms with van der Waals surface area (Å²) < 4.78 is 16.1. The van der Waals surface area contributed by atoms with Crippen LogP contribution in [0.4, 0.5) is 0 Å². The van der Waals surface area contributed by atoms with Crippen LogP contribution >= 0.6 is 0 Å². The number of benzene rings is 2. The van der Waals surface area contributed by atoms with Gasteiger partial charge in [0.2, 0.25) is 0 Å². The van der Waals surface area contributed by atoms with Crippen LogP contribution in [0.3, 0.4) is 0 Å². The molecule has 0 radical (unpaired) electrons. The fourth-order valence-corrected chi connectivity index (χ4v) is 4.76. The number of nitrogens with zero attached hydrogens (tertiary/aromatic N) is 1. The van der Waals surface area contributed by atoms with Crippen molar-refractivity contribution in [3.63, 3.8) is 0 Å². The van der Waals surface area contributed by atoms with Crippen molar-refractivity contribution in [1.29, 1.82) is 0 Å². The van der Waals surface area contributed by atoms with E-state index in [1.807, 2.05) is 12.1 Å². The lowest BCUT2D eigenvalue weighted by Crippen LogP contribution is -2.28. The predicted molar refractivity (Wildman–Crippen MR) is 123 cm³/mol. The van der Waals surface area contributed by atoms with Crippen LogP contribution in [-0.2, 0) is 30.7 Å². The Morgan fingerprint density at radius 1 is 0.943 bits per heavy atom. The summed E-state index contributed by atoms with van der Waals surface area (Å²) in [4.78, 5) is 51.5. The highest BCUT2D eigenvalue weighted by Gasteiger charge is 2.36. The number of amides is 2. The standard InChI is InChI=1S/C27H19NO7/c29-24-12-18(21-9-15-3-1-4-16(15)11-23(21)35-24)14-34-27(32)17-6-7-20-22(10-17)26(31)28(25(20)30)13-19-5-2-8-33-19/h2,5-12H,1,3-4,13-14H2. The molecule has 4 aromatic rings. The first-order valence-corrected chi connectivity index (χ1v) is 11.3. The molecule has 2 aromatic carbocycles. The molecule has 0 bridgehead atoms. The Balaban J connectivity index is 1.23. The number of ether oxygens (including phenoxy) is 1. The SMILES string of the molecule is O=C(OCc1cc(=O)oc2cc3c(cc12)CCC3)c1ccc2c(c1)C(=O)N(Cc1ccco1)C2=O. The molecule has 0 spiro atoms. The molecule has 0 N–H and O–H groups in total. The largest absolute Gasteiger partial charge is 0.467 e. The van der Waals surface area contributed by atoms with Gasteiger partial charge in [0.25, 0.3) is 11.8 Å². The zero-order valence-electron chi connectivity index (χ0n) is 18.5. The average molecular weight is 469 g/mol. The van der Waals surface area contributed by atoms with Crippen molar-refractivity contribution in [1.82, 2.24) is 4.90 Å². The Kier molecular flexibility index (Phi) is 4.88. The summed E-state index contributed by atoms with van der Waals surface area (Å²) in [6.45, 7) is -0.124. The zero-order valence-corrected chi connectivity index (χ0v) is 18.5. The Bertz CT molecular complexity index is 1580. The molecule has 0 saturated carbocycles. The summed E-state index contributed by atoms with van der Waals surface area (Å²) in [5, 5.41) is 0.737. The highest BCUT2D eigenvalue weighted by molar-refractivity contribution is 6.21. The number of hydrogen-bond donors (Lipinski definition) is 0. The molecule has 1 aliphatic heterocycles. The fraction of sp³-hybridized carbons (Fsp3) is 0.185. The predicted octanol–water partition coefficient (Wildman–Crippen LogP) is 4.03. The van der Waals surface area contributed by atoms with Crippen molar-refractivity contribution >= 4 is 28.8 Å². The van der Waals surface area contributed by atoms with Gasteiger partial charge in [-0.2, -0.15) is 0 Å². The monoisotopic (exact) mass is 469 g/mol. The molecule has 8 nitrogen and oxygen atoms in total. The molecule has 3 heterocycles. The molecular weight excluding hydrogens is 450 g/mol. The van der Waals surface area contributed by atoms with Gasteiger partial charge in [-0.3, -0.25) is 14.5 Å². The third-order valence-electron chi connectivity index (χ3n) is 6.50. The van der Waals surface area contributed by atoms with Crippen molar-refractivity contribution in [2.24, 2.45) is 0 Å². The Morgan fingerprint density at radius 2 is 1.74 bits per heavy atom. The van der Waals surface area contributed by atoms with Crippen molar-refractivity contribution < 1.29 is 28.0 Å². The minimum Gasteiger partial charge on any atom is -0.467 e. The summed E-state index contributed by atoms with van der Waals surface area (Å²) in [5.41, 5.74) is 3.39. The van der Waals surface area contributed by atoms with Crippen molar-refractivity contribution in [3.8, 4) is 0 Å². The summed E-state index contributed by atoms with van der Waals surface area (Å²) in [6, 6.07) is 12.8. The first-order valence-electron chi connectivity index (χ1n) is 11.3. The molecule has 0 saturated heterocycles. The third kappa shape index (κ3) is 3.63. The second kappa shape index (κ2) is 8.09. The van der Waals surface area contributed by atoms with Crippen LogP contribution in [0.5, 0.6) is 0 Å². The molecule has 2 aliphatic rings. The maximum absolute atomic E-state index is 12.8. The molecule has 0 unspecified atom stereocenters. The quantitative estimate of drug-likeness (QED) is 0.247. The van der Waals surface area contributed by atoms with E-state index >= 15 is 0 Å². The normalized spacial score (nSPS) is 14.5. The summed E-state index contributed by atoms with van der Waals surface area (Å²) >= 11 is 0. The van der Waals surface area contributed by atoms with Gasteiger partial charge in [-0.25, -0.2) is 9.59 Å². The third-order valence-corrected chi connectivity index (χ3v) is 6.50. The van der Waals surface area contributed by atoms with E-state index in [-0.39, 0.29) is 29.8 Å². The van der Waals surface area contributed by atoms with Crippen LogP contribution in [0, 0.1) is 0 Å². The maximum Gasteiger partial charge on any atom is 0.338 e. The van der Waals surface area contributed by atoms with Gasteiger partial charge in [-0.15, -0.1) is 0 Å². The molecule has 8 heteroatoms. The van der Waals surface area contributed by atoms with Crippen molar-refractivity contribution in [3.05, 3.63) is 104 Å². The van der Waals surface area contributed by atoms with E-state index in [1.165, 1.54) is 41.7 Å². The van der Waals surface area contributed by atoms with Crippen LogP contribution in [-0.4, -0.2) is 22.7 Å². The fourth-order valence-electron chi connectivity index (χ4n) is 4.76. The molecule has 2 aromatic heterocycles. The molecule has 2 amide bonds. The highest BCUT2D eigenvalue weighted by atomic mass is 16.5. The van der Waals surface area contributed by atoms with E-state index in [2.05, 4.69) is 0 Å². The van der Waals surface area contributed by atoms with Crippen LogP contribution in [0.2, 0.25) is 0 Å². The number of aryl methyl sites for hydroxylation is 2. The summed E-state index contributed by atoms with van der Waals surface area (Å²) in [7, 11) is 0. The van der Waals surface area contributed by atoms with E-state index in [1.54, 1.807) is 12.1 Å². The number of hydrogen-bond acceptors (Lipinski definition) is 7. The summed E-state index contributed by atoms with van der Waals surface area (Å²) in [6.07, 6.45) is 4.43. The van der Waals surface area contributed by atoms with E-state index < -0.39 is 23.4 Å². The second-order valence-electron chi connectivity index (χ2n) is 8.67. The topological polar surface area (TPSA) is 107 Å². The van der Waals surface area contributed by atoms with Gasteiger partial charge in [0.15, 0.2) is 0 Å². The van der Waals surface area contributed by atoms with Crippen LogP contribution in [0.15, 0.2) is 68.4 Å². The molecule has 0 atom stereocenters. The maximum atomic E-state index is 12.8. The Morgan fingerprint density at radius 3 is 2.54 bits per heavy atom. The second-order valence-corrected chi connectivity index (χ2v) is 8.67. The minimum atomic E-state index is -0.667. The number of furan rings is 1. The summed E-state index contributed by atoms with van der Waals surface area (Å²) in [5.74, 6) is -1.14. The van der Waals surface area contributed by atoms with Crippen LogP contribution in [0.25, 0.3) is 11.0 Å². The lowest BCUT2D eigenvalue weighted by molar-refractivity contribution is 0.0473. The van der Waals surface area contributed by atoms with Gasteiger partial charge in [-0.05, 0) is 72.9 Å². The average Bonchev–Trinajstić information content (AvgIpc) is 3.58. The van der Waals surface area contributed by atoms with Crippen LogP contribution in [0.1, 0.15) is 59.9 Å². The number of carbonyl (C=O) groups excluding carboxylic acids is 3. The number of imide groups is 1. The van der Waals surface area contributed by atoms with Gasteiger partial charge < -0.3 is 13.6 Å². The first-order chi connectivity index (χ1) is 17.0. The molecule has 174 valence electrons. The molecule has 35 heavy (non-hydrogen) atoms. The van der Waals surface area contributed by atoms with Gasteiger partial charge in [0.05, 0.1) is 29.5 Å². The molecule has 1 aliphatic carbocycles. The Hall–Kier alpha value is -4.46. The van der Waals surface area contributed by atoms with E-state index in [0.717, 1.165) is 29.5 Å². The van der Waals surface area contributed by atoms with Gasteiger partial charge >= 0.3 is 11.6 Å². The van der Waals surface area contributed by atoms with Crippen molar-refractivity contribution in [2.75, 3.05) is 0 Å². The highest BCUT2D eigenvalue weighted by Crippen LogP contribution is 2.29. The van der Waals surface area contributed by atoms with Gasteiger partial charge in [0, 0.05) is 17.0 Å². The molecular formula is C27H19NO7. The molecule has 6 rings (SSSR count). The van der Waals surface area contributed by atoms with Gasteiger partial charge in [0.1, 0.15) is 18.0 Å². The minimum absolute atomic E-state index is 0.00644. The van der Waals surface area contributed by atoms with E-state index in [4.69, 9.17) is 13.6 Å². The number of esters is 1. The van der Waals surface area contributed by atoms with E-state index in [0.29, 0.717) is 16.9 Å². The lowest BCUT2D eigenvalue weighted by Gasteiger charge is -2.11. The van der Waals surface area contributed by atoms with Gasteiger partial charge in [-0.1, -0.05) is 0 Å². The smallest absolute Gasteiger partial charge is 0.338 e. The number of rotatable bonds is 5.